The lowest BCUT2D eigenvalue weighted by Crippen LogP contribution is -2.54. The first kappa shape index (κ1) is 15.8. The van der Waals surface area contributed by atoms with Crippen molar-refractivity contribution in [2.75, 3.05) is 13.1 Å². The fourth-order valence-corrected chi connectivity index (χ4v) is 3.92. The van der Waals surface area contributed by atoms with Crippen molar-refractivity contribution in [2.45, 2.75) is 76.9 Å². The molecule has 1 saturated heterocycles. The number of aliphatic carboxylic acids is 1. The summed E-state index contributed by atoms with van der Waals surface area (Å²) in [6, 6.07) is 0.664. The second-order valence-corrected chi connectivity index (χ2v) is 7.15. The first-order valence-electron chi connectivity index (χ1n) is 8.18. The van der Waals surface area contributed by atoms with E-state index in [1.165, 1.54) is 19.3 Å². The summed E-state index contributed by atoms with van der Waals surface area (Å²) in [5.41, 5.74) is -0.698. The fraction of sp³-hybridized carbons (Fsp3) is 0.938. The molecule has 1 heterocycles. The number of nitrogens with one attached hydrogen (secondary N) is 1. The van der Waals surface area contributed by atoms with E-state index in [1.54, 1.807) is 0 Å². The van der Waals surface area contributed by atoms with Crippen LogP contribution in [-0.4, -0.2) is 46.7 Å². The molecule has 0 aromatic heterocycles. The van der Waals surface area contributed by atoms with Gasteiger partial charge in [-0.1, -0.05) is 6.92 Å². The molecule has 2 N–H and O–H groups in total. The predicted octanol–water partition coefficient (Wildman–Crippen LogP) is 2.48. The van der Waals surface area contributed by atoms with Crippen molar-refractivity contribution >= 4 is 5.97 Å². The smallest absolute Gasteiger partial charge is 0.323 e. The molecule has 0 aromatic carbocycles. The minimum absolute atomic E-state index is 0.217. The molecule has 1 aliphatic heterocycles. The van der Waals surface area contributed by atoms with Crippen molar-refractivity contribution in [3.8, 4) is 0 Å². The quantitative estimate of drug-likeness (QED) is 0.832. The van der Waals surface area contributed by atoms with Gasteiger partial charge in [-0.05, 0) is 71.4 Å². The summed E-state index contributed by atoms with van der Waals surface area (Å²) in [6.07, 6.45) is 6.37. The van der Waals surface area contributed by atoms with Crippen LogP contribution in [0, 0.1) is 5.92 Å². The Morgan fingerprint density at radius 3 is 2.70 bits per heavy atom. The average molecular weight is 282 g/mol. The van der Waals surface area contributed by atoms with Crippen LogP contribution in [0.15, 0.2) is 0 Å². The standard InChI is InChI=1S/C16H30N2O2/c1-12(2)17-16(15(19)20)8-6-14(11-16)18-9-4-5-13(3)7-10-18/h12-14,17H,4-11H2,1-3H3,(H,19,20). The van der Waals surface area contributed by atoms with Gasteiger partial charge in [-0.3, -0.25) is 10.1 Å². The molecule has 3 unspecified atom stereocenters. The van der Waals surface area contributed by atoms with Crippen molar-refractivity contribution in [1.82, 2.24) is 10.2 Å². The molecule has 2 fully saturated rings. The molecule has 2 rings (SSSR count). The number of nitrogens with zero attached hydrogens (tertiary/aromatic N) is 1. The van der Waals surface area contributed by atoms with Gasteiger partial charge in [-0.2, -0.15) is 0 Å². The third kappa shape index (κ3) is 3.53. The molecule has 0 radical (unpaired) electrons. The minimum Gasteiger partial charge on any atom is -0.480 e. The zero-order valence-electron chi connectivity index (χ0n) is 13.2. The van der Waals surface area contributed by atoms with Crippen LogP contribution < -0.4 is 5.32 Å². The summed E-state index contributed by atoms with van der Waals surface area (Å²) in [7, 11) is 0. The van der Waals surface area contributed by atoms with Gasteiger partial charge in [-0.15, -0.1) is 0 Å². The van der Waals surface area contributed by atoms with Crippen LogP contribution in [0.25, 0.3) is 0 Å². The van der Waals surface area contributed by atoms with Crippen molar-refractivity contribution in [1.29, 1.82) is 0 Å². The third-order valence-corrected chi connectivity index (χ3v) is 5.03. The van der Waals surface area contributed by atoms with Gasteiger partial charge in [0.1, 0.15) is 5.54 Å². The van der Waals surface area contributed by atoms with Crippen LogP contribution in [0.1, 0.15) is 59.3 Å². The molecule has 0 aromatic rings. The van der Waals surface area contributed by atoms with Crippen LogP contribution in [0.2, 0.25) is 0 Å². The van der Waals surface area contributed by atoms with Crippen LogP contribution in [0.3, 0.4) is 0 Å². The molecule has 0 spiro atoms. The highest BCUT2D eigenvalue weighted by molar-refractivity contribution is 5.79. The van der Waals surface area contributed by atoms with E-state index in [-0.39, 0.29) is 6.04 Å². The highest BCUT2D eigenvalue weighted by atomic mass is 16.4. The molecule has 20 heavy (non-hydrogen) atoms. The summed E-state index contributed by atoms with van der Waals surface area (Å²) in [5, 5.41) is 13.0. The molecule has 0 bridgehead atoms. The number of carboxylic acid groups (broad SMARTS) is 1. The summed E-state index contributed by atoms with van der Waals surface area (Å²) in [4.78, 5) is 14.3. The summed E-state index contributed by atoms with van der Waals surface area (Å²) >= 11 is 0. The number of hydrogen-bond acceptors (Lipinski definition) is 3. The maximum absolute atomic E-state index is 11.7. The van der Waals surface area contributed by atoms with Gasteiger partial charge in [0.2, 0.25) is 0 Å². The van der Waals surface area contributed by atoms with E-state index in [2.05, 4.69) is 17.1 Å². The number of carbonyl (C=O) groups is 1. The van der Waals surface area contributed by atoms with E-state index in [0.29, 0.717) is 6.04 Å². The number of rotatable bonds is 4. The molecule has 1 saturated carbocycles. The second kappa shape index (κ2) is 6.44. The van der Waals surface area contributed by atoms with Gasteiger partial charge in [0, 0.05) is 12.1 Å². The molecule has 3 atom stereocenters. The zero-order valence-corrected chi connectivity index (χ0v) is 13.2. The minimum atomic E-state index is -0.698. The highest BCUT2D eigenvalue weighted by Gasteiger charge is 2.47. The highest BCUT2D eigenvalue weighted by Crippen LogP contribution is 2.35. The topological polar surface area (TPSA) is 52.6 Å². The maximum Gasteiger partial charge on any atom is 0.323 e. The van der Waals surface area contributed by atoms with E-state index in [4.69, 9.17) is 0 Å². The molecular formula is C16H30N2O2. The number of likely N-dealkylation sites (tertiary alicyclic amines) is 1. The zero-order chi connectivity index (χ0) is 14.8. The second-order valence-electron chi connectivity index (χ2n) is 7.15. The lowest BCUT2D eigenvalue weighted by molar-refractivity contribution is -0.145. The van der Waals surface area contributed by atoms with E-state index in [0.717, 1.165) is 38.3 Å². The Hall–Kier alpha value is -0.610. The Kier molecular flexibility index (Phi) is 5.08. The molecule has 1 aliphatic carbocycles. The van der Waals surface area contributed by atoms with E-state index in [9.17, 15) is 9.90 Å². The van der Waals surface area contributed by atoms with Crippen molar-refractivity contribution in [3.05, 3.63) is 0 Å². The lowest BCUT2D eigenvalue weighted by Gasteiger charge is -2.31. The van der Waals surface area contributed by atoms with E-state index >= 15 is 0 Å². The van der Waals surface area contributed by atoms with Crippen molar-refractivity contribution in [2.24, 2.45) is 5.92 Å². The first-order chi connectivity index (χ1) is 9.43. The van der Waals surface area contributed by atoms with Crippen LogP contribution in [0.4, 0.5) is 0 Å². The van der Waals surface area contributed by atoms with Crippen LogP contribution in [0.5, 0.6) is 0 Å². The molecule has 2 aliphatic rings. The summed E-state index contributed by atoms with van der Waals surface area (Å²) in [5.74, 6) is 0.149. The largest absolute Gasteiger partial charge is 0.480 e. The normalized spacial score (nSPS) is 36.2. The Morgan fingerprint density at radius 1 is 1.30 bits per heavy atom. The van der Waals surface area contributed by atoms with Gasteiger partial charge < -0.3 is 10.0 Å². The number of carboxylic acids is 1. The van der Waals surface area contributed by atoms with E-state index < -0.39 is 11.5 Å². The van der Waals surface area contributed by atoms with Gasteiger partial charge in [0.25, 0.3) is 0 Å². The maximum atomic E-state index is 11.7. The van der Waals surface area contributed by atoms with Gasteiger partial charge in [0.05, 0.1) is 0 Å². The summed E-state index contributed by atoms with van der Waals surface area (Å²) < 4.78 is 0. The van der Waals surface area contributed by atoms with Crippen molar-refractivity contribution in [3.63, 3.8) is 0 Å². The third-order valence-electron chi connectivity index (χ3n) is 5.03. The Labute approximate surface area is 122 Å². The monoisotopic (exact) mass is 282 g/mol. The Balaban J connectivity index is 2.00. The Bertz CT molecular complexity index is 345. The van der Waals surface area contributed by atoms with Gasteiger partial charge in [-0.25, -0.2) is 0 Å². The fourth-order valence-electron chi connectivity index (χ4n) is 3.92. The lowest BCUT2D eigenvalue weighted by atomic mass is 9.96. The first-order valence-corrected chi connectivity index (χ1v) is 8.18. The van der Waals surface area contributed by atoms with Crippen LogP contribution in [-0.2, 0) is 4.79 Å². The summed E-state index contributed by atoms with van der Waals surface area (Å²) in [6.45, 7) is 8.69. The van der Waals surface area contributed by atoms with E-state index in [1.807, 2.05) is 13.8 Å². The molecule has 4 nitrogen and oxygen atoms in total. The Morgan fingerprint density at radius 2 is 2.05 bits per heavy atom. The molecule has 0 amide bonds. The SMILES string of the molecule is CC1CCCN(C2CCC(NC(C)C)(C(=O)O)C2)CC1. The number of hydrogen-bond donors (Lipinski definition) is 2. The van der Waals surface area contributed by atoms with Gasteiger partial charge >= 0.3 is 5.97 Å². The molecular weight excluding hydrogens is 252 g/mol. The average Bonchev–Trinajstić information content (AvgIpc) is 2.66. The van der Waals surface area contributed by atoms with Crippen LogP contribution >= 0.6 is 0 Å². The molecule has 4 heteroatoms. The molecule has 116 valence electrons. The predicted molar refractivity (Wildman–Crippen MR) is 80.9 cm³/mol. The van der Waals surface area contributed by atoms with Gasteiger partial charge in [0.15, 0.2) is 0 Å². The van der Waals surface area contributed by atoms with Crippen molar-refractivity contribution < 1.29 is 9.90 Å².